The summed E-state index contributed by atoms with van der Waals surface area (Å²) in [5.41, 5.74) is 2.09. The second-order valence-corrected chi connectivity index (χ2v) is 10.1. The summed E-state index contributed by atoms with van der Waals surface area (Å²) in [6.07, 6.45) is 4.20. The van der Waals surface area contributed by atoms with Crippen molar-refractivity contribution in [2.45, 2.75) is 69.2 Å². The third-order valence-electron chi connectivity index (χ3n) is 7.98. The molecule has 7 nitrogen and oxygen atoms in total. The quantitative estimate of drug-likeness (QED) is 0.432. The van der Waals surface area contributed by atoms with Crippen LogP contribution in [0.3, 0.4) is 0 Å². The Hall–Kier alpha value is -2.74. The van der Waals surface area contributed by atoms with Crippen LogP contribution in [0, 0.1) is 5.92 Å². The molecule has 0 bridgehead atoms. The number of carbonyl (C=O) groups is 2. The highest BCUT2D eigenvalue weighted by atomic mass is 16.3. The normalized spacial score (nSPS) is 25.1. The predicted octanol–water partition coefficient (Wildman–Crippen LogP) is 2.61. The second-order valence-electron chi connectivity index (χ2n) is 10.1. The van der Waals surface area contributed by atoms with Gasteiger partial charge in [0.1, 0.15) is 0 Å². The Kier molecular flexibility index (Phi) is 9.13. The van der Waals surface area contributed by atoms with Crippen LogP contribution in [0.5, 0.6) is 0 Å². The molecule has 0 aliphatic carbocycles. The van der Waals surface area contributed by atoms with Crippen LogP contribution in [0.15, 0.2) is 60.7 Å². The third-order valence-corrected chi connectivity index (χ3v) is 7.98. The number of hydrogen-bond donors (Lipinski definition) is 4. The van der Waals surface area contributed by atoms with Crippen molar-refractivity contribution < 1.29 is 14.7 Å². The van der Waals surface area contributed by atoms with Crippen LogP contribution in [-0.2, 0) is 9.59 Å². The van der Waals surface area contributed by atoms with E-state index in [0.29, 0.717) is 13.0 Å². The molecule has 2 saturated heterocycles. The van der Waals surface area contributed by atoms with E-state index in [1.807, 2.05) is 67.6 Å². The van der Waals surface area contributed by atoms with Gasteiger partial charge < -0.3 is 21.1 Å². The summed E-state index contributed by atoms with van der Waals surface area (Å²) in [6, 6.07) is 19.5. The van der Waals surface area contributed by atoms with Gasteiger partial charge in [0.2, 0.25) is 11.8 Å². The van der Waals surface area contributed by atoms with Crippen molar-refractivity contribution in [3.8, 4) is 0 Å². The van der Waals surface area contributed by atoms with Gasteiger partial charge >= 0.3 is 0 Å². The Labute approximate surface area is 214 Å². The monoisotopic (exact) mass is 492 g/mol. The van der Waals surface area contributed by atoms with Crippen molar-refractivity contribution in [2.24, 2.45) is 5.92 Å². The smallest absolute Gasteiger partial charge is 0.238 e. The summed E-state index contributed by atoms with van der Waals surface area (Å²) < 4.78 is 0. The van der Waals surface area contributed by atoms with Gasteiger partial charge in [-0.05, 0) is 50.3 Å². The topological polar surface area (TPSA) is 93.7 Å². The number of benzene rings is 2. The summed E-state index contributed by atoms with van der Waals surface area (Å²) in [5.74, 6) is -0.0429. The van der Waals surface area contributed by atoms with Gasteiger partial charge in [-0.15, -0.1) is 0 Å². The molecule has 0 radical (unpaired) electrons. The molecule has 0 unspecified atom stereocenters. The molecule has 2 heterocycles. The zero-order valence-electron chi connectivity index (χ0n) is 21.4. The molecule has 0 saturated carbocycles. The Morgan fingerprint density at radius 1 is 0.972 bits per heavy atom. The number of aliphatic hydroxyl groups is 1. The van der Waals surface area contributed by atoms with E-state index in [1.54, 1.807) is 7.05 Å². The second kappa shape index (κ2) is 12.5. The van der Waals surface area contributed by atoms with Crippen molar-refractivity contribution in [3.05, 3.63) is 71.8 Å². The summed E-state index contributed by atoms with van der Waals surface area (Å²) in [6.45, 7) is 2.58. The summed E-state index contributed by atoms with van der Waals surface area (Å²) >= 11 is 0. The molecule has 4 rings (SSSR count). The fourth-order valence-corrected chi connectivity index (χ4v) is 5.86. The van der Waals surface area contributed by atoms with Gasteiger partial charge in [-0.25, -0.2) is 0 Å². The molecule has 2 aromatic carbocycles. The number of likely N-dealkylation sites (N-methyl/N-ethyl adjacent to an activating group) is 1. The Morgan fingerprint density at radius 2 is 1.58 bits per heavy atom. The first-order valence-electron chi connectivity index (χ1n) is 13.3. The maximum atomic E-state index is 13.8. The van der Waals surface area contributed by atoms with Gasteiger partial charge in [0.15, 0.2) is 0 Å². The minimum absolute atomic E-state index is 0.0148. The van der Waals surface area contributed by atoms with Crippen molar-refractivity contribution in [2.75, 3.05) is 20.2 Å². The van der Waals surface area contributed by atoms with Gasteiger partial charge in [0, 0.05) is 31.2 Å². The van der Waals surface area contributed by atoms with Crippen LogP contribution < -0.4 is 16.0 Å². The number of carbonyl (C=O) groups excluding carboxylic acids is 2. The van der Waals surface area contributed by atoms with Crippen LogP contribution in [0.4, 0.5) is 0 Å². The molecule has 0 aromatic heterocycles. The lowest BCUT2D eigenvalue weighted by atomic mass is 9.94. The van der Waals surface area contributed by atoms with E-state index < -0.39 is 0 Å². The number of nitrogens with zero attached hydrogens (tertiary/aromatic N) is 1. The minimum Gasteiger partial charge on any atom is -0.396 e. The Balaban J connectivity index is 1.52. The average molecular weight is 493 g/mol. The molecule has 5 atom stereocenters. The van der Waals surface area contributed by atoms with E-state index in [-0.39, 0.29) is 54.5 Å². The molecule has 36 heavy (non-hydrogen) atoms. The molecule has 194 valence electrons. The van der Waals surface area contributed by atoms with Gasteiger partial charge in [0.05, 0.1) is 18.1 Å². The zero-order chi connectivity index (χ0) is 25.5. The van der Waals surface area contributed by atoms with E-state index >= 15 is 0 Å². The van der Waals surface area contributed by atoms with Crippen molar-refractivity contribution in [3.63, 3.8) is 0 Å². The van der Waals surface area contributed by atoms with Crippen molar-refractivity contribution in [1.82, 2.24) is 20.9 Å². The molecule has 2 aliphatic rings. The molecular weight excluding hydrogens is 452 g/mol. The number of nitrogens with one attached hydrogen (secondary N) is 3. The zero-order valence-corrected chi connectivity index (χ0v) is 21.4. The number of aliphatic hydroxyl groups excluding tert-OH is 1. The maximum absolute atomic E-state index is 13.8. The van der Waals surface area contributed by atoms with E-state index in [0.717, 1.165) is 36.8 Å². The van der Waals surface area contributed by atoms with Gasteiger partial charge in [-0.2, -0.15) is 0 Å². The molecule has 7 heteroatoms. The fourth-order valence-electron chi connectivity index (χ4n) is 5.86. The van der Waals surface area contributed by atoms with E-state index in [2.05, 4.69) is 20.9 Å². The first-order chi connectivity index (χ1) is 17.5. The van der Waals surface area contributed by atoms with Gasteiger partial charge in [0.25, 0.3) is 0 Å². The molecule has 0 spiro atoms. The summed E-state index contributed by atoms with van der Waals surface area (Å²) in [7, 11) is 1.79. The molecular formula is C29H40N4O3. The Bertz CT molecular complexity index is 943. The summed E-state index contributed by atoms with van der Waals surface area (Å²) in [4.78, 5) is 28.9. The first-order valence-corrected chi connectivity index (χ1v) is 13.3. The van der Waals surface area contributed by atoms with Crippen molar-refractivity contribution >= 4 is 11.8 Å². The number of rotatable bonds is 9. The lowest BCUT2D eigenvalue weighted by Gasteiger charge is -2.33. The van der Waals surface area contributed by atoms with E-state index in [9.17, 15) is 14.7 Å². The number of fused-ring (bicyclic) bond motifs is 1. The SMILES string of the molecule is CC[C@H](NC)C(=O)N[C@@H]1CN2[C@@H](CC[C@@H]1CO)CC[C@@H]2C(=O)NC(c1ccccc1)c1ccccc1. The number of amides is 2. The lowest BCUT2D eigenvalue weighted by molar-refractivity contribution is -0.126. The molecule has 2 aromatic rings. The average Bonchev–Trinajstić information content (AvgIpc) is 3.23. The largest absolute Gasteiger partial charge is 0.396 e. The van der Waals surface area contributed by atoms with E-state index in [1.165, 1.54) is 0 Å². The fraction of sp³-hybridized carbons (Fsp3) is 0.517. The minimum atomic E-state index is -0.265. The highest BCUT2D eigenvalue weighted by molar-refractivity contribution is 5.83. The molecule has 2 amide bonds. The van der Waals surface area contributed by atoms with Crippen LogP contribution in [-0.4, -0.2) is 66.2 Å². The first kappa shape index (κ1) is 26.3. The highest BCUT2D eigenvalue weighted by Crippen LogP contribution is 2.34. The predicted molar refractivity (Wildman–Crippen MR) is 141 cm³/mol. The highest BCUT2D eigenvalue weighted by Gasteiger charge is 2.43. The van der Waals surface area contributed by atoms with Gasteiger partial charge in [-0.1, -0.05) is 67.6 Å². The lowest BCUT2D eigenvalue weighted by Crippen LogP contribution is -2.55. The molecule has 2 aliphatic heterocycles. The van der Waals surface area contributed by atoms with E-state index in [4.69, 9.17) is 0 Å². The van der Waals surface area contributed by atoms with Crippen LogP contribution in [0.2, 0.25) is 0 Å². The summed E-state index contributed by atoms with van der Waals surface area (Å²) in [5, 5.41) is 19.7. The van der Waals surface area contributed by atoms with Gasteiger partial charge in [-0.3, -0.25) is 14.5 Å². The maximum Gasteiger partial charge on any atom is 0.238 e. The molecule has 2 fully saturated rings. The van der Waals surface area contributed by atoms with Crippen molar-refractivity contribution in [1.29, 1.82) is 0 Å². The standard InChI is InChI=1S/C29H40N4O3/c1-3-24(30-2)28(35)31-25-18-33-23(15-14-22(25)19-34)16-17-26(33)29(36)32-27(20-10-6-4-7-11-20)21-12-8-5-9-13-21/h4-13,22-27,30,34H,3,14-19H2,1-2H3,(H,31,35)(H,32,36)/t22-,23+,24+,25-,26-/m1/s1. The Morgan fingerprint density at radius 3 is 2.14 bits per heavy atom. The molecule has 4 N–H and O–H groups in total. The number of hydrogen-bond acceptors (Lipinski definition) is 5. The van der Waals surface area contributed by atoms with Crippen LogP contribution in [0.25, 0.3) is 0 Å². The van der Waals surface area contributed by atoms with Crippen LogP contribution >= 0.6 is 0 Å². The van der Waals surface area contributed by atoms with Crippen LogP contribution in [0.1, 0.15) is 56.2 Å². The third kappa shape index (κ3) is 5.97.